The molecule has 0 unspecified atom stereocenters. The van der Waals surface area contributed by atoms with Crippen molar-refractivity contribution in [2.75, 3.05) is 38.6 Å². The molecule has 1 aliphatic rings. The number of carboxylic acid groups (broad SMARTS) is 1. The summed E-state index contributed by atoms with van der Waals surface area (Å²) >= 11 is 2.95. The predicted octanol–water partition coefficient (Wildman–Crippen LogP) is 3.68. The zero-order chi connectivity index (χ0) is 29.5. The molecule has 0 radical (unpaired) electrons. The molecule has 0 saturated carbocycles. The highest BCUT2D eigenvalue weighted by Crippen LogP contribution is 2.35. The number of thiophene rings is 2. The highest BCUT2D eigenvalue weighted by molar-refractivity contribution is 7.89. The summed E-state index contributed by atoms with van der Waals surface area (Å²) in [5.41, 5.74) is -0.495. The van der Waals surface area contributed by atoms with E-state index in [9.17, 15) is 27.9 Å². The number of amides is 2. The fraction of sp³-hybridized carbons (Fsp3) is 0.654. The maximum atomic E-state index is 12.7. The monoisotopic (exact) mass is 617 g/mol. The summed E-state index contributed by atoms with van der Waals surface area (Å²) in [5.74, 6) is -1.66. The Hall–Kier alpha value is -2.26. The zero-order valence-electron chi connectivity index (χ0n) is 23.4. The van der Waals surface area contributed by atoms with E-state index in [1.54, 1.807) is 29.2 Å². The lowest BCUT2D eigenvalue weighted by atomic mass is 9.92. The average molecular weight is 618 g/mol. The number of ether oxygens (including phenoxy) is 2. The number of nitrogens with zero attached hydrogens (tertiary/aromatic N) is 1. The molecule has 224 valence electrons. The molecule has 1 atom stereocenters. The highest BCUT2D eigenvalue weighted by Gasteiger charge is 2.27. The van der Waals surface area contributed by atoms with Gasteiger partial charge >= 0.3 is 12.1 Å². The summed E-state index contributed by atoms with van der Waals surface area (Å²) in [6, 6.07) is 2.38. The minimum Gasteiger partial charge on any atom is -0.480 e. The van der Waals surface area contributed by atoms with Crippen LogP contribution in [-0.2, 0) is 30.7 Å². The number of carbonyl (C=O) groups is 3. The van der Waals surface area contributed by atoms with Gasteiger partial charge < -0.3 is 24.8 Å². The fourth-order valence-corrected chi connectivity index (χ4v) is 7.67. The van der Waals surface area contributed by atoms with Crippen molar-refractivity contribution in [2.45, 2.75) is 65.0 Å². The molecule has 3 N–H and O–H groups in total. The minimum absolute atomic E-state index is 0.0498. The Morgan fingerprint density at radius 2 is 1.82 bits per heavy atom. The van der Waals surface area contributed by atoms with E-state index in [2.05, 4.69) is 16.1 Å². The Morgan fingerprint density at radius 1 is 1.15 bits per heavy atom. The highest BCUT2D eigenvalue weighted by atomic mass is 32.2. The SMILES string of the molecule is CCOCCS(=O)(=O)N[C@@H](CNC(=O)c1cc2sc(CCC3CCN(C(=O)OC(C)(C)C)CC3)cc2s1)C(=O)O. The van der Waals surface area contributed by atoms with E-state index in [0.717, 1.165) is 35.1 Å². The van der Waals surface area contributed by atoms with Crippen LogP contribution in [0.3, 0.4) is 0 Å². The van der Waals surface area contributed by atoms with Crippen LogP contribution in [0.15, 0.2) is 12.1 Å². The Morgan fingerprint density at radius 3 is 2.42 bits per heavy atom. The van der Waals surface area contributed by atoms with Crippen molar-refractivity contribution in [1.82, 2.24) is 14.9 Å². The number of rotatable bonds is 13. The second-order valence-electron chi connectivity index (χ2n) is 10.7. The van der Waals surface area contributed by atoms with Gasteiger partial charge in [-0.15, -0.1) is 22.7 Å². The normalized spacial score (nSPS) is 15.8. The molecule has 1 aliphatic heterocycles. The molecule has 0 aliphatic carbocycles. The van der Waals surface area contributed by atoms with E-state index in [1.807, 2.05) is 20.8 Å². The topological polar surface area (TPSA) is 151 Å². The van der Waals surface area contributed by atoms with Gasteiger partial charge in [0.25, 0.3) is 5.91 Å². The molecule has 11 nitrogen and oxygen atoms in total. The number of fused-ring (bicyclic) bond motifs is 1. The first-order valence-corrected chi connectivity index (χ1v) is 16.6. The standard InChI is InChI=1S/C26H39N3O8S3/c1-5-36-12-13-40(34,35)28-19(24(31)32)16-27-23(30)22-15-21-20(39-22)14-18(38-21)7-6-17-8-10-29(11-9-17)25(33)37-26(2,3)4/h14-15,17,19,28H,5-13,16H2,1-4H3,(H,27,30)(H,31,32)/t19-/m0/s1. The van der Waals surface area contributed by atoms with Crippen LogP contribution in [0.4, 0.5) is 4.79 Å². The van der Waals surface area contributed by atoms with E-state index in [-0.39, 0.29) is 25.0 Å². The lowest BCUT2D eigenvalue weighted by Crippen LogP contribution is -2.49. The van der Waals surface area contributed by atoms with Gasteiger partial charge in [0.1, 0.15) is 11.6 Å². The van der Waals surface area contributed by atoms with Crippen molar-refractivity contribution >= 4 is 60.1 Å². The van der Waals surface area contributed by atoms with Crippen molar-refractivity contribution in [3.63, 3.8) is 0 Å². The van der Waals surface area contributed by atoms with Crippen LogP contribution in [0.1, 0.15) is 61.5 Å². The molecule has 2 aromatic heterocycles. The summed E-state index contributed by atoms with van der Waals surface area (Å²) in [6.45, 7) is 8.66. The molecule has 3 rings (SSSR count). The van der Waals surface area contributed by atoms with Crippen molar-refractivity contribution in [1.29, 1.82) is 0 Å². The van der Waals surface area contributed by atoms with Gasteiger partial charge in [0.05, 0.1) is 17.2 Å². The number of nitrogens with one attached hydrogen (secondary N) is 2. The average Bonchev–Trinajstić information content (AvgIpc) is 3.43. The summed E-state index contributed by atoms with van der Waals surface area (Å²) in [4.78, 5) is 39.9. The number of aliphatic carboxylic acids is 1. The smallest absolute Gasteiger partial charge is 0.410 e. The number of hydrogen-bond acceptors (Lipinski definition) is 9. The van der Waals surface area contributed by atoms with E-state index >= 15 is 0 Å². The van der Waals surface area contributed by atoms with Gasteiger partial charge in [-0.25, -0.2) is 13.2 Å². The fourth-order valence-electron chi connectivity index (χ4n) is 4.25. The molecule has 40 heavy (non-hydrogen) atoms. The molecule has 0 spiro atoms. The first-order chi connectivity index (χ1) is 18.8. The van der Waals surface area contributed by atoms with Gasteiger partial charge in [-0.2, -0.15) is 4.72 Å². The lowest BCUT2D eigenvalue weighted by Gasteiger charge is -2.33. The quantitative estimate of drug-likeness (QED) is 0.288. The van der Waals surface area contributed by atoms with Crippen LogP contribution in [-0.4, -0.2) is 86.6 Å². The van der Waals surface area contributed by atoms with Crippen LogP contribution in [0, 0.1) is 5.92 Å². The van der Waals surface area contributed by atoms with Gasteiger partial charge in [0.2, 0.25) is 10.0 Å². The summed E-state index contributed by atoms with van der Waals surface area (Å²) in [7, 11) is -3.88. The zero-order valence-corrected chi connectivity index (χ0v) is 25.8. The van der Waals surface area contributed by atoms with Gasteiger partial charge in [0.15, 0.2) is 0 Å². The van der Waals surface area contributed by atoms with Crippen molar-refractivity contribution in [3.8, 4) is 0 Å². The predicted molar refractivity (Wildman–Crippen MR) is 156 cm³/mol. The van der Waals surface area contributed by atoms with Crippen LogP contribution in [0.2, 0.25) is 0 Å². The molecule has 0 bridgehead atoms. The Labute approximate surface area is 243 Å². The lowest BCUT2D eigenvalue weighted by molar-refractivity contribution is -0.138. The number of piperidine rings is 1. The van der Waals surface area contributed by atoms with Crippen LogP contribution in [0.5, 0.6) is 0 Å². The largest absolute Gasteiger partial charge is 0.480 e. The third-order valence-corrected chi connectivity index (χ3v) is 10.0. The van der Waals surface area contributed by atoms with Gasteiger partial charge in [0, 0.05) is 40.5 Å². The van der Waals surface area contributed by atoms with Crippen molar-refractivity contribution < 1.29 is 37.4 Å². The molecular formula is C26H39N3O8S3. The second-order valence-corrected chi connectivity index (χ2v) is 14.9. The molecule has 1 saturated heterocycles. The van der Waals surface area contributed by atoms with Crippen molar-refractivity contribution in [3.05, 3.63) is 21.9 Å². The van der Waals surface area contributed by atoms with E-state index < -0.39 is 33.5 Å². The number of likely N-dealkylation sites (tertiary alicyclic amines) is 1. The summed E-state index contributed by atoms with van der Waals surface area (Å²) < 4.78 is 38.8. The molecule has 3 heterocycles. The van der Waals surface area contributed by atoms with Crippen LogP contribution in [0.25, 0.3) is 9.40 Å². The Kier molecular flexibility index (Phi) is 11.4. The maximum Gasteiger partial charge on any atom is 0.410 e. The number of carboxylic acids is 1. The maximum absolute atomic E-state index is 12.7. The summed E-state index contributed by atoms with van der Waals surface area (Å²) in [6.07, 6.45) is 3.60. The third-order valence-electron chi connectivity index (χ3n) is 6.33. The molecule has 2 aromatic rings. The number of carbonyl (C=O) groups excluding carboxylic acids is 2. The van der Waals surface area contributed by atoms with Crippen LogP contribution >= 0.6 is 22.7 Å². The first kappa shape index (κ1) is 32.3. The molecule has 1 fully saturated rings. The van der Waals surface area contributed by atoms with Gasteiger partial charge in [-0.05, 0) is 71.4 Å². The van der Waals surface area contributed by atoms with E-state index in [4.69, 9.17) is 9.47 Å². The first-order valence-electron chi connectivity index (χ1n) is 13.3. The van der Waals surface area contributed by atoms with Crippen molar-refractivity contribution in [2.24, 2.45) is 5.92 Å². The van der Waals surface area contributed by atoms with Gasteiger partial charge in [-0.1, -0.05) is 0 Å². The van der Waals surface area contributed by atoms with Crippen LogP contribution < -0.4 is 10.0 Å². The minimum atomic E-state index is -3.88. The molecule has 14 heteroatoms. The third kappa shape index (κ3) is 9.98. The van der Waals surface area contributed by atoms with Gasteiger partial charge in [-0.3, -0.25) is 9.59 Å². The molecular weight excluding hydrogens is 579 g/mol. The number of aryl methyl sites for hydroxylation is 1. The number of sulfonamides is 1. The molecule has 2 amide bonds. The molecule has 0 aromatic carbocycles. The Bertz CT molecular complexity index is 1240. The summed E-state index contributed by atoms with van der Waals surface area (Å²) in [5, 5.41) is 11.9. The number of hydrogen-bond donors (Lipinski definition) is 3. The second kappa shape index (κ2) is 14.1. The van der Waals surface area contributed by atoms with E-state index in [1.165, 1.54) is 16.2 Å². The van der Waals surface area contributed by atoms with E-state index in [0.29, 0.717) is 30.5 Å². The Balaban J connectivity index is 1.47.